The molecule has 0 spiro atoms. The standard InChI is InChI=1S/C12H19N3O2S2/c1-9(2)15(3)19(16,17)14-11-6-4-10(5-7-11)8-12(13)18/h4-7,9,14H,8H2,1-3H3,(H2,13,18). The van der Waals surface area contributed by atoms with Gasteiger partial charge in [-0.1, -0.05) is 24.4 Å². The van der Waals surface area contributed by atoms with E-state index in [0.29, 0.717) is 17.1 Å². The molecule has 5 nitrogen and oxygen atoms in total. The average Bonchev–Trinajstić information content (AvgIpc) is 2.29. The second kappa shape index (κ2) is 6.31. The summed E-state index contributed by atoms with van der Waals surface area (Å²) in [5.41, 5.74) is 6.92. The van der Waals surface area contributed by atoms with Gasteiger partial charge in [-0.2, -0.15) is 12.7 Å². The van der Waals surface area contributed by atoms with E-state index in [-0.39, 0.29) is 6.04 Å². The van der Waals surface area contributed by atoms with E-state index in [9.17, 15) is 8.42 Å². The Labute approximate surface area is 120 Å². The molecule has 0 aliphatic carbocycles. The molecule has 0 aliphatic heterocycles. The lowest BCUT2D eigenvalue weighted by Gasteiger charge is -2.21. The van der Waals surface area contributed by atoms with Gasteiger partial charge in [-0.05, 0) is 31.5 Å². The molecule has 0 unspecified atom stereocenters. The van der Waals surface area contributed by atoms with Crippen LogP contribution in [0.15, 0.2) is 24.3 Å². The number of hydrogen-bond acceptors (Lipinski definition) is 3. The van der Waals surface area contributed by atoms with Crippen molar-refractivity contribution in [3.8, 4) is 0 Å². The summed E-state index contributed by atoms with van der Waals surface area (Å²) in [4.78, 5) is 0.410. The Morgan fingerprint density at radius 3 is 2.32 bits per heavy atom. The first-order chi connectivity index (χ1) is 8.72. The monoisotopic (exact) mass is 301 g/mol. The van der Waals surface area contributed by atoms with E-state index in [1.807, 2.05) is 13.8 Å². The molecule has 0 aromatic heterocycles. The molecule has 1 aromatic rings. The summed E-state index contributed by atoms with van der Waals surface area (Å²) in [5, 5.41) is 0. The van der Waals surface area contributed by atoms with E-state index in [0.717, 1.165) is 5.56 Å². The van der Waals surface area contributed by atoms with Gasteiger partial charge in [-0.15, -0.1) is 0 Å². The molecule has 0 saturated heterocycles. The SMILES string of the molecule is CC(C)N(C)S(=O)(=O)Nc1ccc(CC(N)=S)cc1. The molecule has 3 N–H and O–H groups in total. The van der Waals surface area contributed by atoms with Crippen LogP contribution in [0.2, 0.25) is 0 Å². The quantitative estimate of drug-likeness (QED) is 0.781. The van der Waals surface area contributed by atoms with Gasteiger partial charge < -0.3 is 5.73 Å². The van der Waals surface area contributed by atoms with Crippen molar-refractivity contribution in [1.82, 2.24) is 4.31 Å². The number of rotatable bonds is 6. The lowest BCUT2D eigenvalue weighted by molar-refractivity contribution is 0.414. The predicted molar refractivity (Wildman–Crippen MR) is 82.4 cm³/mol. The maximum absolute atomic E-state index is 12.0. The first-order valence-corrected chi connectivity index (χ1v) is 7.70. The van der Waals surface area contributed by atoms with Gasteiger partial charge in [0.15, 0.2) is 0 Å². The fraction of sp³-hybridized carbons (Fsp3) is 0.417. The van der Waals surface area contributed by atoms with Crippen molar-refractivity contribution in [3.63, 3.8) is 0 Å². The molecule has 0 heterocycles. The van der Waals surface area contributed by atoms with Crippen LogP contribution in [-0.4, -0.2) is 30.8 Å². The van der Waals surface area contributed by atoms with Crippen molar-refractivity contribution >= 4 is 33.1 Å². The third-order valence-corrected chi connectivity index (χ3v) is 4.50. The number of nitrogens with two attached hydrogens (primary N) is 1. The van der Waals surface area contributed by atoms with E-state index >= 15 is 0 Å². The van der Waals surface area contributed by atoms with E-state index in [1.54, 1.807) is 24.3 Å². The summed E-state index contributed by atoms with van der Waals surface area (Å²) in [6.45, 7) is 3.62. The van der Waals surface area contributed by atoms with E-state index in [4.69, 9.17) is 18.0 Å². The topological polar surface area (TPSA) is 75.4 Å². The number of thiocarbonyl (C=S) groups is 1. The van der Waals surface area contributed by atoms with Gasteiger partial charge in [0.05, 0.1) is 4.99 Å². The summed E-state index contributed by atoms with van der Waals surface area (Å²) in [5.74, 6) is 0. The summed E-state index contributed by atoms with van der Waals surface area (Å²) < 4.78 is 27.7. The molecule has 0 radical (unpaired) electrons. The van der Waals surface area contributed by atoms with Crippen molar-refractivity contribution in [3.05, 3.63) is 29.8 Å². The highest BCUT2D eigenvalue weighted by atomic mass is 32.2. The van der Waals surface area contributed by atoms with Crippen LogP contribution in [0.4, 0.5) is 5.69 Å². The van der Waals surface area contributed by atoms with Gasteiger partial charge in [0.25, 0.3) is 0 Å². The van der Waals surface area contributed by atoms with E-state index in [2.05, 4.69) is 4.72 Å². The maximum atomic E-state index is 12.0. The molecule has 1 aromatic carbocycles. The minimum Gasteiger partial charge on any atom is -0.393 e. The van der Waals surface area contributed by atoms with Crippen LogP contribution in [0.3, 0.4) is 0 Å². The van der Waals surface area contributed by atoms with Crippen LogP contribution in [0.5, 0.6) is 0 Å². The Morgan fingerprint density at radius 2 is 1.89 bits per heavy atom. The molecule has 0 atom stereocenters. The highest BCUT2D eigenvalue weighted by Gasteiger charge is 2.19. The van der Waals surface area contributed by atoms with Crippen LogP contribution < -0.4 is 10.5 Å². The summed E-state index contributed by atoms with van der Waals surface area (Å²) in [6, 6.07) is 6.88. The number of hydrogen-bond donors (Lipinski definition) is 2. The summed E-state index contributed by atoms with van der Waals surface area (Å²) >= 11 is 4.82. The zero-order chi connectivity index (χ0) is 14.6. The molecule has 0 saturated carbocycles. The minimum absolute atomic E-state index is 0.105. The molecule has 1 rings (SSSR count). The maximum Gasteiger partial charge on any atom is 0.301 e. The molecular weight excluding hydrogens is 282 g/mol. The van der Waals surface area contributed by atoms with Gasteiger partial charge in [-0.3, -0.25) is 4.72 Å². The molecule has 0 amide bonds. The average molecular weight is 301 g/mol. The molecule has 0 aliphatic rings. The van der Waals surface area contributed by atoms with Gasteiger partial charge in [-0.25, -0.2) is 0 Å². The second-order valence-electron chi connectivity index (χ2n) is 4.56. The van der Waals surface area contributed by atoms with Gasteiger partial charge in [0.2, 0.25) is 0 Å². The smallest absolute Gasteiger partial charge is 0.301 e. The summed E-state index contributed by atoms with van der Waals surface area (Å²) in [7, 11) is -1.98. The molecule has 106 valence electrons. The normalized spacial score (nSPS) is 11.8. The number of anilines is 1. The zero-order valence-corrected chi connectivity index (χ0v) is 12.9. The van der Waals surface area contributed by atoms with Crippen molar-refractivity contribution < 1.29 is 8.42 Å². The zero-order valence-electron chi connectivity index (χ0n) is 11.3. The van der Waals surface area contributed by atoms with E-state index in [1.165, 1.54) is 11.4 Å². The van der Waals surface area contributed by atoms with Crippen LogP contribution in [-0.2, 0) is 16.6 Å². The Hall–Kier alpha value is -1.18. The Balaban J connectivity index is 2.81. The molecule has 19 heavy (non-hydrogen) atoms. The van der Waals surface area contributed by atoms with Crippen molar-refractivity contribution in [2.24, 2.45) is 5.73 Å². The molecule has 0 fully saturated rings. The lowest BCUT2D eigenvalue weighted by Crippen LogP contribution is -2.37. The van der Waals surface area contributed by atoms with Crippen molar-refractivity contribution in [2.75, 3.05) is 11.8 Å². The van der Waals surface area contributed by atoms with Gasteiger partial charge in [0.1, 0.15) is 0 Å². The fourth-order valence-corrected chi connectivity index (χ4v) is 2.69. The van der Waals surface area contributed by atoms with Crippen LogP contribution in [0, 0.1) is 0 Å². The lowest BCUT2D eigenvalue weighted by atomic mass is 10.1. The fourth-order valence-electron chi connectivity index (χ4n) is 1.39. The minimum atomic E-state index is -3.52. The number of nitrogens with zero attached hydrogens (tertiary/aromatic N) is 1. The largest absolute Gasteiger partial charge is 0.393 e. The predicted octanol–water partition coefficient (Wildman–Crippen LogP) is 1.51. The highest BCUT2D eigenvalue weighted by molar-refractivity contribution is 7.90. The van der Waals surface area contributed by atoms with Crippen LogP contribution in [0.1, 0.15) is 19.4 Å². The van der Waals surface area contributed by atoms with Crippen LogP contribution in [0.25, 0.3) is 0 Å². The van der Waals surface area contributed by atoms with Crippen molar-refractivity contribution in [1.29, 1.82) is 0 Å². The molecule has 0 bridgehead atoms. The Bertz CT molecular complexity index is 539. The van der Waals surface area contributed by atoms with Crippen molar-refractivity contribution in [2.45, 2.75) is 26.3 Å². The first kappa shape index (κ1) is 15.9. The van der Waals surface area contributed by atoms with Crippen LogP contribution >= 0.6 is 12.2 Å². The third-order valence-electron chi connectivity index (χ3n) is 2.69. The van der Waals surface area contributed by atoms with Gasteiger partial charge in [0, 0.05) is 25.2 Å². The number of nitrogens with one attached hydrogen (secondary N) is 1. The highest BCUT2D eigenvalue weighted by Crippen LogP contribution is 2.14. The Kier molecular flexibility index (Phi) is 5.28. The second-order valence-corrected chi connectivity index (χ2v) is 6.81. The summed E-state index contributed by atoms with van der Waals surface area (Å²) in [6.07, 6.45) is 0.508. The molecule has 7 heteroatoms. The van der Waals surface area contributed by atoms with Gasteiger partial charge >= 0.3 is 10.2 Å². The van der Waals surface area contributed by atoms with E-state index < -0.39 is 10.2 Å². The first-order valence-electron chi connectivity index (χ1n) is 5.85. The number of benzene rings is 1. The third kappa shape index (κ3) is 4.77. The Morgan fingerprint density at radius 1 is 1.37 bits per heavy atom. The molecular formula is C12H19N3O2S2.